The van der Waals surface area contributed by atoms with Crippen molar-refractivity contribution in [3.05, 3.63) is 59.2 Å². The van der Waals surface area contributed by atoms with Crippen LogP contribution in [0.3, 0.4) is 0 Å². The van der Waals surface area contributed by atoms with Crippen LogP contribution in [-0.2, 0) is 33.1 Å². The number of piperazine rings is 1. The van der Waals surface area contributed by atoms with Gasteiger partial charge in [-0.25, -0.2) is 8.42 Å². The Balaban J connectivity index is 1.31. The van der Waals surface area contributed by atoms with Gasteiger partial charge in [-0.15, -0.1) is 0 Å². The number of benzene rings is 2. The summed E-state index contributed by atoms with van der Waals surface area (Å²) < 4.78 is 27.6. The van der Waals surface area contributed by atoms with E-state index in [-0.39, 0.29) is 17.9 Å². The van der Waals surface area contributed by atoms with Crippen molar-refractivity contribution in [3.63, 3.8) is 0 Å². The number of aryl methyl sites for hydroxylation is 2. The molecule has 1 N–H and O–H groups in total. The summed E-state index contributed by atoms with van der Waals surface area (Å²) in [5.74, 6) is -0.0583. The van der Waals surface area contributed by atoms with Crippen LogP contribution in [0.25, 0.3) is 0 Å². The first-order chi connectivity index (χ1) is 15.1. The molecular weight excluding hydrogens is 422 g/mol. The van der Waals surface area contributed by atoms with Crippen LogP contribution in [0.15, 0.2) is 47.4 Å². The van der Waals surface area contributed by atoms with Crippen molar-refractivity contribution in [2.45, 2.75) is 50.3 Å². The molecule has 2 aromatic rings. The van der Waals surface area contributed by atoms with Crippen LogP contribution in [0, 0.1) is 0 Å². The molecule has 172 valence electrons. The molecule has 1 aliphatic carbocycles. The van der Waals surface area contributed by atoms with Gasteiger partial charge in [0.05, 0.1) is 11.4 Å². The molecule has 0 aromatic heterocycles. The van der Waals surface area contributed by atoms with Gasteiger partial charge in [0.2, 0.25) is 15.9 Å². The number of nitrogens with one attached hydrogen (secondary N) is 1. The van der Waals surface area contributed by atoms with Gasteiger partial charge in [0.1, 0.15) is 0 Å². The van der Waals surface area contributed by atoms with Gasteiger partial charge in [-0.1, -0.05) is 39.0 Å². The first-order valence-electron chi connectivity index (χ1n) is 11.4. The molecule has 32 heavy (non-hydrogen) atoms. The van der Waals surface area contributed by atoms with Crippen LogP contribution >= 0.6 is 0 Å². The molecule has 1 saturated heterocycles. The molecule has 0 spiro atoms. The summed E-state index contributed by atoms with van der Waals surface area (Å²) in [6.45, 7) is 8.44. The quantitative estimate of drug-likeness (QED) is 0.750. The van der Waals surface area contributed by atoms with Crippen LogP contribution in [0.5, 0.6) is 0 Å². The van der Waals surface area contributed by atoms with Gasteiger partial charge in [-0.05, 0) is 65.6 Å². The number of hydrogen-bond acceptors (Lipinski definition) is 4. The highest BCUT2D eigenvalue weighted by Gasteiger charge is 2.29. The third-order valence-corrected chi connectivity index (χ3v) is 8.35. The van der Waals surface area contributed by atoms with E-state index in [0.717, 1.165) is 24.1 Å². The largest absolute Gasteiger partial charge is 0.325 e. The fraction of sp³-hybridized carbons (Fsp3) is 0.480. The van der Waals surface area contributed by atoms with Crippen molar-refractivity contribution >= 4 is 21.6 Å². The first-order valence-corrected chi connectivity index (χ1v) is 12.8. The number of rotatable bonds is 5. The highest BCUT2D eigenvalue weighted by molar-refractivity contribution is 7.89. The van der Waals surface area contributed by atoms with E-state index < -0.39 is 10.0 Å². The number of fused-ring (bicyclic) bond motifs is 1. The summed E-state index contributed by atoms with van der Waals surface area (Å²) in [7, 11) is -3.52. The Morgan fingerprint density at radius 1 is 0.938 bits per heavy atom. The lowest BCUT2D eigenvalue weighted by Gasteiger charge is -2.33. The maximum Gasteiger partial charge on any atom is 0.243 e. The number of carbonyl (C=O) groups is 1. The number of amides is 1. The predicted octanol–water partition coefficient (Wildman–Crippen LogP) is 3.42. The smallest absolute Gasteiger partial charge is 0.243 e. The second-order valence-corrected chi connectivity index (χ2v) is 11.8. The molecule has 1 amide bonds. The molecule has 0 radical (unpaired) electrons. The molecule has 0 unspecified atom stereocenters. The van der Waals surface area contributed by atoms with Gasteiger partial charge in [0.25, 0.3) is 0 Å². The van der Waals surface area contributed by atoms with Gasteiger partial charge in [-0.2, -0.15) is 4.31 Å². The number of hydrogen-bond donors (Lipinski definition) is 1. The van der Waals surface area contributed by atoms with E-state index in [2.05, 4.69) is 38.2 Å². The second kappa shape index (κ2) is 8.96. The lowest BCUT2D eigenvalue weighted by atomic mass is 9.87. The Bertz CT molecular complexity index is 1080. The van der Waals surface area contributed by atoms with Crippen LogP contribution in [-0.4, -0.2) is 56.3 Å². The van der Waals surface area contributed by atoms with E-state index in [1.165, 1.54) is 21.9 Å². The fourth-order valence-electron chi connectivity index (χ4n) is 4.46. The Labute approximate surface area is 191 Å². The van der Waals surface area contributed by atoms with E-state index in [9.17, 15) is 13.2 Å². The average Bonchev–Trinajstić information content (AvgIpc) is 3.21. The fourth-order valence-corrected chi connectivity index (χ4v) is 5.88. The minimum absolute atomic E-state index is 0.0196. The van der Waals surface area contributed by atoms with Crippen molar-refractivity contribution in [2.24, 2.45) is 0 Å². The third-order valence-electron chi connectivity index (χ3n) is 6.44. The Morgan fingerprint density at radius 2 is 1.59 bits per heavy atom. The summed E-state index contributed by atoms with van der Waals surface area (Å²) in [6.07, 6.45) is 3.38. The molecule has 0 atom stereocenters. The Hall–Kier alpha value is -2.22. The maximum atomic E-state index is 13.0. The SMILES string of the molecule is CC(C)(C)c1ccc(S(=O)(=O)N2CCN(CC(=O)Nc3ccc4c(c3)CCC4)CC2)cc1. The number of anilines is 1. The summed E-state index contributed by atoms with van der Waals surface area (Å²) in [4.78, 5) is 14.8. The summed E-state index contributed by atoms with van der Waals surface area (Å²) in [5.41, 5.74) is 4.64. The van der Waals surface area contributed by atoms with Crippen LogP contribution in [0.2, 0.25) is 0 Å². The molecule has 2 aliphatic rings. The maximum absolute atomic E-state index is 13.0. The van der Waals surface area contributed by atoms with Gasteiger partial charge < -0.3 is 5.32 Å². The lowest BCUT2D eigenvalue weighted by molar-refractivity contribution is -0.117. The summed E-state index contributed by atoms with van der Waals surface area (Å²) >= 11 is 0. The molecule has 1 fully saturated rings. The average molecular weight is 456 g/mol. The zero-order valence-electron chi connectivity index (χ0n) is 19.2. The summed E-state index contributed by atoms with van der Waals surface area (Å²) in [6, 6.07) is 13.3. The van der Waals surface area contributed by atoms with E-state index >= 15 is 0 Å². The molecule has 6 nitrogen and oxygen atoms in total. The zero-order valence-corrected chi connectivity index (χ0v) is 20.0. The highest BCUT2D eigenvalue weighted by atomic mass is 32.2. The normalized spacial score (nSPS) is 17.8. The Morgan fingerprint density at radius 3 is 2.25 bits per heavy atom. The molecule has 2 aromatic carbocycles. The first kappa shape index (κ1) is 23.0. The van der Waals surface area contributed by atoms with E-state index in [0.29, 0.717) is 31.1 Å². The second-order valence-electron chi connectivity index (χ2n) is 9.84. The minimum atomic E-state index is -3.52. The number of sulfonamides is 1. The molecule has 7 heteroatoms. The van der Waals surface area contributed by atoms with Gasteiger partial charge in [0.15, 0.2) is 0 Å². The monoisotopic (exact) mass is 455 g/mol. The van der Waals surface area contributed by atoms with Crippen LogP contribution in [0.4, 0.5) is 5.69 Å². The standard InChI is InChI=1S/C25H33N3O3S/c1-25(2,3)21-8-11-23(12-9-21)32(30,31)28-15-13-27(14-16-28)18-24(29)26-22-10-7-19-5-4-6-20(19)17-22/h7-12,17H,4-6,13-16,18H2,1-3H3,(H,26,29). The topological polar surface area (TPSA) is 69.7 Å². The zero-order chi connectivity index (χ0) is 22.9. The van der Waals surface area contributed by atoms with Crippen LogP contribution in [0.1, 0.15) is 43.9 Å². The van der Waals surface area contributed by atoms with Gasteiger partial charge in [-0.3, -0.25) is 9.69 Å². The molecule has 0 bridgehead atoms. The van der Waals surface area contributed by atoms with E-state index in [1.54, 1.807) is 12.1 Å². The highest BCUT2D eigenvalue weighted by Crippen LogP contribution is 2.26. The number of carbonyl (C=O) groups excluding carboxylic acids is 1. The van der Waals surface area contributed by atoms with Crippen molar-refractivity contribution in [3.8, 4) is 0 Å². The van der Waals surface area contributed by atoms with Crippen molar-refractivity contribution < 1.29 is 13.2 Å². The van der Waals surface area contributed by atoms with Gasteiger partial charge >= 0.3 is 0 Å². The molecular formula is C25H33N3O3S. The minimum Gasteiger partial charge on any atom is -0.325 e. The summed E-state index contributed by atoms with van der Waals surface area (Å²) in [5, 5.41) is 2.99. The van der Waals surface area contributed by atoms with Crippen molar-refractivity contribution in [1.82, 2.24) is 9.21 Å². The Kier molecular flexibility index (Phi) is 6.43. The van der Waals surface area contributed by atoms with Crippen molar-refractivity contribution in [1.29, 1.82) is 0 Å². The van der Waals surface area contributed by atoms with Crippen LogP contribution < -0.4 is 5.32 Å². The number of nitrogens with zero attached hydrogens (tertiary/aromatic N) is 2. The predicted molar refractivity (Wildman–Crippen MR) is 127 cm³/mol. The molecule has 1 aliphatic heterocycles. The van der Waals surface area contributed by atoms with Crippen molar-refractivity contribution in [2.75, 3.05) is 38.0 Å². The van der Waals surface area contributed by atoms with E-state index in [1.807, 2.05) is 23.1 Å². The third kappa shape index (κ3) is 5.05. The lowest BCUT2D eigenvalue weighted by Crippen LogP contribution is -2.50. The molecule has 0 saturated carbocycles. The van der Waals surface area contributed by atoms with Gasteiger partial charge in [0, 0.05) is 31.9 Å². The molecule has 4 rings (SSSR count). The van der Waals surface area contributed by atoms with E-state index in [4.69, 9.17) is 0 Å². The molecule has 1 heterocycles.